The van der Waals surface area contributed by atoms with Gasteiger partial charge in [-0.25, -0.2) is 12.8 Å². The Morgan fingerprint density at radius 1 is 1.55 bits per heavy atom. The lowest BCUT2D eigenvalue weighted by molar-refractivity contribution is 0.143. The molecule has 0 radical (unpaired) electrons. The van der Waals surface area contributed by atoms with E-state index in [1.165, 1.54) is 0 Å². The van der Waals surface area contributed by atoms with Crippen LogP contribution in [0.25, 0.3) is 0 Å². The van der Waals surface area contributed by atoms with E-state index in [2.05, 4.69) is 0 Å². The van der Waals surface area contributed by atoms with Crippen LogP contribution >= 0.6 is 0 Å². The van der Waals surface area contributed by atoms with Gasteiger partial charge in [0.25, 0.3) is 0 Å². The fourth-order valence-corrected chi connectivity index (χ4v) is 2.77. The quantitative estimate of drug-likeness (QED) is 0.608. The fraction of sp³-hybridized carbons (Fsp3) is 1.00. The van der Waals surface area contributed by atoms with E-state index in [0.717, 1.165) is 0 Å². The van der Waals surface area contributed by atoms with Crippen LogP contribution in [-0.4, -0.2) is 37.8 Å². The molecule has 1 rings (SSSR count). The lowest BCUT2D eigenvalue weighted by atomic mass is 10.0. The van der Waals surface area contributed by atoms with Crippen LogP contribution in [0, 0.1) is 5.92 Å². The van der Waals surface area contributed by atoms with E-state index < -0.39 is 27.7 Å². The summed E-state index contributed by atoms with van der Waals surface area (Å²) in [5.41, 5.74) is 0. The second-order valence-corrected chi connectivity index (χ2v) is 5.09. The standard InChI is InChI=1S/C6H11FO3S/c7-6-4-11(9,10)2-1-5(6)3-8/h5-6,8H,1-4H2. The van der Waals surface area contributed by atoms with Crippen LogP contribution in [0.5, 0.6) is 0 Å². The monoisotopic (exact) mass is 182 g/mol. The number of hydrogen-bond donors (Lipinski definition) is 1. The average Bonchev–Trinajstić information content (AvgIpc) is 1.86. The molecule has 0 bridgehead atoms. The molecule has 0 amide bonds. The zero-order chi connectivity index (χ0) is 8.48. The Hall–Kier alpha value is -0.160. The van der Waals surface area contributed by atoms with Gasteiger partial charge in [0.2, 0.25) is 0 Å². The zero-order valence-electron chi connectivity index (χ0n) is 6.03. The summed E-state index contributed by atoms with van der Waals surface area (Å²) in [7, 11) is -3.16. The largest absolute Gasteiger partial charge is 0.396 e. The number of aliphatic hydroxyl groups is 1. The summed E-state index contributed by atoms with van der Waals surface area (Å²) in [6, 6.07) is 0. The molecule has 0 aromatic heterocycles. The molecule has 0 aromatic rings. The van der Waals surface area contributed by atoms with E-state index in [9.17, 15) is 12.8 Å². The number of alkyl halides is 1. The molecule has 2 unspecified atom stereocenters. The summed E-state index contributed by atoms with van der Waals surface area (Å²) in [6.45, 7) is -0.253. The van der Waals surface area contributed by atoms with Crippen molar-refractivity contribution in [1.82, 2.24) is 0 Å². The minimum absolute atomic E-state index is 0.0125. The number of aliphatic hydroxyl groups excluding tert-OH is 1. The molecule has 2 atom stereocenters. The van der Waals surface area contributed by atoms with Crippen molar-refractivity contribution in [2.75, 3.05) is 18.1 Å². The van der Waals surface area contributed by atoms with E-state index >= 15 is 0 Å². The smallest absolute Gasteiger partial charge is 0.153 e. The summed E-state index contributed by atoms with van der Waals surface area (Å²) in [5, 5.41) is 8.60. The third kappa shape index (κ3) is 2.13. The van der Waals surface area contributed by atoms with Gasteiger partial charge in [0.15, 0.2) is 9.84 Å². The van der Waals surface area contributed by atoms with Crippen molar-refractivity contribution < 1.29 is 17.9 Å². The van der Waals surface area contributed by atoms with Crippen molar-refractivity contribution >= 4 is 9.84 Å². The Bertz CT molecular complexity index is 224. The van der Waals surface area contributed by atoms with E-state index in [0.29, 0.717) is 0 Å². The third-order valence-corrected chi connectivity index (χ3v) is 3.64. The van der Waals surface area contributed by atoms with Crippen molar-refractivity contribution in [3.8, 4) is 0 Å². The Balaban J connectivity index is 2.62. The lowest BCUT2D eigenvalue weighted by Crippen LogP contribution is -2.35. The van der Waals surface area contributed by atoms with Gasteiger partial charge in [-0.2, -0.15) is 0 Å². The van der Waals surface area contributed by atoms with Crippen molar-refractivity contribution in [2.45, 2.75) is 12.6 Å². The molecular weight excluding hydrogens is 171 g/mol. The average molecular weight is 182 g/mol. The summed E-state index contributed by atoms with van der Waals surface area (Å²) in [4.78, 5) is 0. The molecule has 0 saturated carbocycles. The Morgan fingerprint density at radius 3 is 2.64 bits per heavy atom. The Morgan fingerprint density at radius 2 is 2.18 bits per heavy atom. The zero-order valence-corrected chi connectivity index (χ0v) is 6.85. The van der Waals surface area contributed by atoms with Gasteiger partial charge < -0.3 is 5.11 Å². The molecule has 1 saturated heterocycles. The highest BCUT2D eigenvalue weighted by Crippen LogP contribution is 2.21. The first-order chi connectivity index (χ1) is 5.05. The summed E-state index contributed by atoms with van der Waals surface area (Å²) in [5.74, 6) is -0.879. The molecule has 0 spiro atoms. The molecule has 1 fully saturated rings. The molecule has 1 heterocycles. The second-order valence-electron chi connectivity index (χ2n) is 2.86. The summed E-state index contributed by atoms with van der Waals surface area (Å²) < 4.78 is 34.4. The number of sulfone groups is 1. The van der Waals surface area contributed by atoms with Crippen LogP contribution in [0.15, 0.2) is 0 Å². The second kappa shape index (κ2) is 3.06. The minimum Gasteiger partial charge on any atom is -0.396 e. The normalized spacial score (nSPS) is 36.9. The predicted octanol–water partition coefficient (Wildman–Crippen LogP) is -0.248. The first-order valence-corrected chi connectivity index (χ1v) is 5.32. The number of rotatable bonds is 1. The highest BCUT2D eigenvalue weighted by atomic mass is 32.2. The van der Waals surface area contributed by atoms with Crippen LogP contribution in [0.1, 0.15) is 6.42 Å². The molecule has 1 N–H and O–H groups in total. The molecule has 0 aliphatic carbocycles. The van der Waals surface area contributed by atoms with Crippen LogP contribution in [-0.2, 0) is 9.84 Å². The maximum absolute atomic E-state index is 12.8. The van der Waals surface area contributed by atoms with Gasteiger partial charge in [-0.05, 0) is 6.42 Å². The van der Waals surface area contributed by atoms with Crippen molar-refractivity contribution in [3.05, 3.63) is 0 Å². The minimum atomic E-state index is -3.16. The van der Waals surface area contributed by atoms with Crippen LogP contribution in [0.3, 0.4) is 0 Å². The van der Waals surface area contributed by atoms with Crippen molar-refractivity contribution in [1.29, 1.82) is 0 Å². The van der Waals surface area contributed by atoms with Gasteiger partial charge in [0.1, 0.15) is 6.17 Å². The maximum Gasteiger partial charge on any atom is 0.153 e. The molecule has 5 heteroatoms. The molecule has 11 heavy (non-hydrogen) atoms. The van der Waals surface area contributed by atoms with E-state index in [-0.39, 0.29) is 18.8 Å². The molecule has 3 nitrogen and oxygen atoms in total. The van der Waals surface area contributed by atoms with Gasteiger partial charge in [-0.15, -0.1) is 0 Å². The van der Waals surface area contributed by atoms with Crippen LogP contribution < -0.4 is 0 Å². The molecule has 1 aliphatic heterocycles. The molecule has 1 aliphatic rings. The van der Waals surface area contributed by atoms with E-state index in [1.807, 2.05) is 0 Å². The third-order valence-electron chi connectivity index (χ3n) is 1.96. The fourth-order valence-electron chi connectivity index (χ4n) is 1.18. The first-order valence-electron chi connectivity index (χ1n) is 3.50. The molecular formula is C6H11FO3S. The van der Waals surface area contributed by atoms with Crippen LogP contribution in [0.4, 0.5) is 4.39 Å². The molecule has 0 aromatic carbocycles. The Labute approximate surface area is 65.1 Å². The lowest BCUT2D eigenvalue weighted by Gasteiger charge is -2.23. The van der Waals surface area contributed by atoms with Gasteiger partial charge in [-0.1, -0.05) is 0 Å². The Kier molecular flexibility index (Phi) is 2.49. The van der Waals surface area contributed by atoms with Crippen molar-refractivity contribution in [2.24, 2.45) is 5.92 Å². The highest BCUT2D eigenvalue weighted by molar-refractivity contribution is 7.91. The topological polar surface area (TPSA) is 54.4 Å². The maximum atomic E-state index is 12.8. The van der Waals surface area contributed by atoms with Gasteiger partial charge in [-0.3, -0.25) is 0 Å². The van der Waals surface area contributed by atoms with Gasteiger partial charge in [0, 0.05) is 12.5 Å². The first kappa shape index (κ1) is 8.93. The van der Waals surface area contributed by atoms with E-state index in [4.69, 9.17) is 5.11 Å². The van der Waals surface area contributed by atoms with E-state index in [1.54, 1.807) is 0 Å². The van der Waals surface area contributed by atoms with Gasteiger partial charge >= 0.3 is 0 Å². The summed E-state index contributed by atoms with van der Waals surface area (Å²) >= 11 is 0. The van der Waals surface area contributed by atoms with Crippen LogP contribution in [0.2, 0.25) is 0 Å². The number of hydrogen-bond acceptors (Lipinski definition) is 3. The number of halogens is 1. The molecule has 66 valence electrons. The van der Waals surface area contributed by atoms with Gasteiger partial charge in [0.05, 0.1) is 11.5 Å². The highest BCUT2D eigenvalue weighted by Gasteiger charge is 2.32. The van der Waals surface area contributed by atoms with Crippen molar-refractivity contribution in [3.63, 3.8) is 0 Å². The predicted molar refractivity (Wildman–Crippen MR) is 38.7 cm³/mol. The SMILES string of the molecule is O=S1(=O)CCC(CO)C(F)C1. The summed E-state index contributed by atoms with van der Waals surface area (Å²) in [6.07, 6.45) is -1.13.